The molecule has 12 heteroatoms. The van der Waals surface area contributed by atoms with Gasteiger partial charge in [0, 0.05) is 12.6 Å². The minimum absolute atomic E-state index is 0.00416. The molecule has 1 aliphatic rings. The van der Waals surface area contributed by atoms with Crippen molar-refractivity contribution in [1.29, 1.82) is 0 Å². The number of halogens is 4. The van der Waals surface area contributed by atoms with Crippen molar-refractivity contribution < 1.29 is 31.2 Å². The summed E-state index contributed by atoms with van der Waals surface area (Å²) in [5.74, 6) is -1.10. The van der Waals surface area contributed by atoms with Crippen LogP contribution >= 0.6 is 11.6 Å². The molecule has 0 heterocycles. The quantitative estimate of drug-likeness (QED) is 0.404. The highest BCUT2D eigenvalue weighted by atomic mass is 35.5. The zero-order chi connectivity index (χ0) is 28.8. The van der Waals surface area contributed by atoms with E-state index in [9.17, 15) is 31.2 Å². The Labute approximate surface area is 232 Å². The van der Waals surface area contributed by atoms with E-state index in [2.05, 4.69) is 5.32 Å². The first kappa shape index (κ1) is 30.7. The first-order valence-corrected chi connectivity index (χ1v) is 15.0. The highest BCUT2D eigenvalue weighted by molar-refractivity contribution is 7.92. The Bertz CT molecular complexity index is 1250. The summed E-state index contributed by atoms with van der Waals surface area (Å²) in [4.78, 5) is 28.4. The lowest BCUT2D eigenvalue weighted by Crippen LogP contribution is -2.54. The molecule has 1 fully saturated rings. The number of rotatable bonds is 10. The molecule has 0 saturated heterocycles. The van der Waals surface area contributed by atoms with Crippen molar-refractivity contribution >= 4 is 39.1 Å². The number of carbonyl (C=O) groups is 2. The van der Waals surface area contributed by atoms with Crippen LogP contribution in [0.15, 0.2) is 48.5 Å². The van der Waals surface area contributed by atoms with Gasteiger partial charge in [-0.1, -0.05) is 68.1 Å². The smallest absolute Gasteiger partial charge is 0.352 e. The zero-order valence-electron chi connectivity index (χ0n) is 21.9. The molecule has 2 aromatic rings. The lowest BCUT2D eigenvalue weighted by molar-refractivity contribution is -0.140. The average Bonchev–Trinajstić information content (AvgIpc) is 2.87. The van der Waals surface area contributed by atoms with Crippen LogP contribution in [0.5, 0.6) is 0 Å². The van der Waals surface area contributed by atoms with Crippen molar-refractivity contribution in [2.75, 3.05) is 17.1 Å². The van der Waals surface area contributed by atoms with E-state index in [4.69, 9.17) is 11.6 Å². The zero-order valence-corrected chi connectivity index (χ0v) is 23.5. The summed E-state index contributed by atoms with van der Waals surface area (Å²) in [6, 6.07) is 10.2. The molecule has 214 valence electrons. The first-order chi connectivity index (χ1) is 18.3. The fourth-order valence-electron chi connectivity index (χ4n) is 4.72. The van der Waals surface area contributed by atoms with Gasteiger partial charge in [0.05, 0.1) is 22.5 Å². The van der Waals surface area contributed by atoms with Crippen LogP contribution in [0.3, 0.4) is 0 Å². The molecule has 39 heavy (non-hydrogen) atoms. The number of nitrogens with zero attached hydrogens (tertiary/aromatic N) is 2. The standard InChI is InChI=1S/C27H33ClF3N3O4S/c1-3-23(26(36)32-21-12-8-5-9-13-21)33(17-19-10-6-4-7-11-19)25(35)18-34(39(2,37)38)24-16-20(27(29,30)31)14-15-22(24)28/h4,6-7,10-11,14-16,21,23H,3,5,8-9,12-13,17-18H2,1-2H3,(H,32,36)/t23-/m0/s1. The van der Waals surface area contributed by atoms with Crippen molar-refractivity contribution in [3.05, 3.63) is 64.7 Å². The molecule has 2 amide bonds. The van der Waals surface area contributed by atoms with Gasteiger partial charge in [-0.15, -0.1) is 0 Å². The molecule has 1 saturated carbocycles. The van der Waals surface area contributed by atoms with E-state index in [0.29, 0.717) is 15.9 Å². The van der Waals surface area contributed by atoms with Crippen LogP contribution in [-0.2, 0) is 32.3 Å². The highest BCUT2D eigenvalue weighted by Gasteiger charge is 2.35. The third-order valence-electron chi connectivity index (χ3n) is 6.75. The van der Waals surface area contributed by atoms with Crippen molar-refractivity contribution in [3.8, 4) is 0 Å². The maximum absolute atomic E-state index is 13.7. The van der Waals surface area contributed by atoms with Crippen LogP contribution in [-0.4, -0.2) is 50.0 Å². The molecule has 0 aliphatic heterocycles. The Morgan fingerprint density at radius 3 is 2.28 bits per heavy atom. The molecule has 0 radical (unpaired) electrons. The second-order valence-electron chi connectivity index (χ2n) is 9.71. The van der Waals surface area contributed by atoms with Gasteiger partial charge >= 0.3 is 6.18 Å². The lowest BCUT2D eigenvalue weighted by atomic mass is 9.95. The second kappa shape index (κ2) is 13.0. The Morgan fingerprint density at radius 2 is 1.72 bits per heavy atom. The van der Waals surface area contributed by atoms with Gasteiger partial charge in [0.25, 0.3) is 0 Å². The average molecular weight is 588 g/mol. The van der Waals surface area contributed by atoms with Crippen molar-refractivity contribution in [3.63, 3.8) is 0 Å². The highest BCUT2D eigenvalue weighted by Crippen LogP contribution is 2.36. The number of carbonyl (C=O) groups excluding carboxylic acids is 2. The molecule has 0 aromatic heterocycles. The monoisotopic (exact) mass is 587 g/mol. The SMILES string of the molecule is CC[C@@H](C(=O)NC1CCCCC1)N(Cc1ccccc1)C(=O)CN(c1cc(C(F)(F)F)ccc1Cl)S(C)(=O)=O. The van der Waals surface area contributed by atoms with Crippen LogP contribution in [0.1, 0.15) is 56.6 Å². The number of anilines is 1. The minimum Gasteiger partial charge on any atom is -0.352 e. The summed E-state index contributed by atoms with van der Waals surface area (Å²) in [6.07, 6.45) is 1.05. The van der Waals surface area contributed by atoms with Crippen molar-refractivity contribution in [1.82, 2.24) is 10.2 Å². The maximum Gasteiger partial charge on any atom is 0.416 e. The van der Waals surface area contributed by atoms with Gasteiger partial charge in [-0.3, -0.25) is 13.9 Å². The molecule has 0 bridgehead atoms. The first-order valence-electron chi connectivity index (χ1n) is 12.8. The Kier molecular flexibility index (Phi) is 10.3. The molecule has 7 nitrogen and oxygen atoms in total. The second-order valence-corrected chi connectivity index (χ2v) is 12.0. The normalized spacial score (nSPS) is 15.4. The summed E-state index contributed by atoms with van der Waals surface area (Å²) >= 11 is 6.13. The molecule has 0 unspecified atom stereocenters. The minimum atomic E-state index is -4.75. The van der Waals surface area contributed by atoms with E-state index < -0.39 is 45.9 Å². The summed E-state index contributed by atoms with van der Waals surface area (Å²) in [5.41, 5.74) is -0.873. The van der Waals surface area contributed by atoms with Gasteiger partial charge < -0.3 is 10.2 Å². The number of hydrogen-bond donors (Lipinski definition) is 1. The van der Waals surface area contributed by atoms with Gasteiger partial charge in [0.1, 0.15) is 12.6 Å². The van der Waals surface area contributed by atoms with Crippen molar-refractivity contribution in [2.24, 2.45) is 0 Å². The van der Waals surface area contributed by atoms with E-state index >= 15 is 0 Å². The third kappa shape index (κ3) is 8.35. The Hall–Kier alpha value is -2.79. The number of nitrogens with one attached hydrogen (secondary N) is 1. The summed E-state index contributed by atoms with van der Waals surface area (Å²) < 4.78 is 66.2. The molecule has 3 rings (SSSR count). The van der Waals surface area contributed by atoms with E-state index in [-0.39, 0.29) is 29.9 Å². The van der Waals surface area contributed by atoms with E-state index in [1.54, 1.807) is 37.3 Å². The van der Waals surface area contributed by atoms with Gasteiger partial charge in [0.15, 0.2) is 0 Å². The molecule has 1 aliphatic carbocycles. The topological polar surface area (TPSA) is 86.8 Å². The molecular formula is C27H33ClF3N3O4S. The van der Waals surface area contributed by atoms with Crippen molar-refractivity contribution in [2.45, 2.75) is 70.3 Å². The van der Waals surface area contributed by atoms with Crippen LogP contribution in [0.4, 0.5) is 18.9 Å². The third-order valence-corrected chi connectivity index (χ3v) is 8.20. The molecule has 2 aromatic carbocycles. The number of sulfonamides is 1. The molecule has 1 N–H and O–H groups in total. The Balaban J connectivity index is 1.96. The largest absolute Gasteiger partial charge is 0.416 e. The van der Waals surface area contributed by atoms with E-state index in [0.717, 1.165) is 50.5 Å². The van der Waals surface area contributed by atoms with Crippen LogP contribution in [0.2, 0.25) is 5.02 Å². The number of alkyl halides is 3. The molecule has 0 spiro atoms. The van der Waals surface area contributed by atoms with E-state index in [1.165, 1.54) is 4.90 Å². The molecular weight excluding hydrogens is 555 g/mol. The maximum atomic E-state index is 13.7. The van der Waals surface area contributed by atoms with E-state index in [1.807, 2.05) is 0 Å². The predicted molar refractivity (Wildman–Crippen MR) is 145 cm³/mol. The van der Waals surface area contributed by atoms with Gasteiger partial charge in [0.2, 0.25) is 21.8 Å². The molecule has 1 atom stereocenters. The summed E-state index contributed by atoms with van der Waals surface area (Å²) in [7, 11) is -4.25. The van der Waals surface area contributed by atoms with Gasteiger partial charge in [-0.05, 0) is 43.0 Å². The fourth-order valence-corrected chi connectivity index (χ4v) is 5.84. The van der Waals surface area contributed by atoms with Crippen LogP contribution in [0, 0.1) is 0 Å². The summed E-state index contributed by atoms with van der Waals surface area (Å²) in [5, 5.41) is 2.76. The number of benzene rings is 2. The fraction of sp³-hybridized carbons (Fsp3) is 0.481. The summed E-state index contributed by atoms with van der Waals surface area (Å²) in [6.45, 7) is 0.915. The predicted octanol–water partition coefficient (Wildman–Crippen LogP) is 5.38. The van der Waals surface area contributed by atoms with Crippen LogP contribution in [0.25, 0.3) is 0 Å². The number of amides is 2. The van der Waals surface area contributed by atoms with Crippen LogP contribution < -0.4 is 9.62 Å². The Morgan fingerprint density at radius 1 is 1.08 bits per heavy atom. The van der Waals surface area contributed by atoms with Gasteiger partial charge in [-0.2, -0.15) is 13.2 Å². The van der Waals surface area contributed by atoms with Gasteiger partial charge in [-0.25, -0.2) is 8.42 Å². The lowest BCUT2D eigenvalue weighted by Gasteiger charge is -2.34. The number of hydrogen-bond acceptors (Lipinski definition) is 4.